The third kappa shape index (κ3) is 5.33. The average molecular weight is 482 g/mol. The Morgan fingerprint density at radius 3 is 1.48 bits per heavy atom. The van der Waals surface area contributed by atoms with Gasteiger partial charge in [-0.05, 0) is 33.1 Å². The van der Waals surface area contributed by atoms with Gasteiger partial charge in [0.15, 0.2) is 8.24 Å². The van der Waals surface area contributed by atoms with Crippen LogP contribution < -0.4 is 15.4 Å². The molecule has 0 fully saturated rings. The van der Waals surface area contributed by atoms with Crippen LogP contribution in [0, 0.1) is 0 Å². The van der Waals surface area contributed by atoms with E-state index in [9.17, 15) is 26.3 Å². The first-order valence-electron chi connectivity index (χ1n) is 10.4. The molecule has 0 aliphatic heterocycles. The van der Waals surface area contributed by atoms with Crippen LogP contribution >= 0.6 is 0 Å². The third-order valence-electron chi connectivity index (χ3n) is 5.77. The van der Waals surface area contributed by atoms with Gasteiger partial charge in [-0.25, -0.2) is 0 Å². The van der Waals surface area contributed by atoms with E-state index in [0.29, 0.717) is 16.9 Å². The monoisotopic (exact) mass is 481 g/mol. The molecule has 3 rings (SSSR count). The molecule has 3 aromatic carbocycles. The molecular weight excluding hydrogens is 456 g/mol. The molecule has 0 amide bonds. The van der Waals surface area contributed by atoms with Gasteiger partial charge in [-0.3, -0.25) is 0 Å². The molecule has 0 atom stereocenters. The highest BCUT2D eigenvalue weighted by Crippen LogP contribution is 2.37. The normalized spacial score (nSPS) is 13.2. The first kappa shape index (κ1) is 25.0. The lowest BCUT2D eigenvalue weighted by Crippen LogP contribution is -2.73. The highest BCUT2D eigenvalue weighted by Gasteiger charge is 2.49. The van der Waals surface area contributed by atoms with Gasteiger partial charge >= 0.3 is 12.4 Å². The maximum absolute atomic E-state index is 13.6. The zero-order valence-electron chi connectivity index (χ0n) is 18.5. The predicted octanol–water partition coefficient (Wildman–Crippen LogP) is 6.37. The van der Waals surface area contributed by atoms with Gasteiger partial charge in [0.2, 0.25) is 0 Å². The van der Waals surface area contributed by atoms with Gasteiger partial charge in [-0.15, -0.1) is 0 Å². The molecule has 0 unspecified atom stereocenters. The number of hydrogen-bond donors (Lipinski definition) is 1. The van der Waals surface area contributed by atoms with E-state index in [4.69, 9.17) is 0 Å². The molecule has 176 valence electrons. The Hall–Kier alpha value is -2.58. The summed E-state index contributed by atoms with van der Waals surface area (Å²) in [7, 11) is -3.40. The zero-order valence-corrected chi connectivity index (χ0v) is 19.5. The Kier molecular flexibility index (Phi) is 6.82. The van der Waals surface area contributed by atoms with E-state index >= 15 is 0 Å². The van der Waals surface area contributed by atoms with E-state index < -0.39 is 36.8 Å². The molecule has 8 heteroatoms. The average Bonchev–Trinajstić information content (AvgIpc) is 2.73. The lowest BCUT2D eigenvalue weighted by molar-refractivity contribution is -0.138. The van der Waals surface area contributed by atoms with E-state index in [1.807, 2.05) is 51.1 Å². The van der Waals surface area contributed by atoms with Gasteiger partial charge in [-0.2, -0.15) is 26.3 Å². The minimum atomic E-state index is -4.57. The summed E-state index contributed by atoms with van der Waals surface area (Å²) in [4.78, 5) is 3.48. The third-order valence-corrected chi connectivity index (χ3v) is 11.1. The molecule has 33 heavy (non-hydrogen) atoms. The van der Waals surface area contributed by atoms with Crippen LogP contribution in [0.25, 0.3) is 0 Å². The highest BCUT2D eigenvalue weighted by atomic mass is 28.3. The Morgan fingerprint density at radius 1 is 0.636 bits per heavy atom. The van der Waals surface area contributed by atoms with E-state index in [1.54, 1.807) is 12.1 Å². The zero-order chi connectivity index (χ0) is 24.5. The Morgan fingerprint density at radius 2 is 1.09 bits per heavy atom. The largest absolute Gasteiger partial charge is 0.416 e. The molecular formula is C25H25F6NSi. The molecule has 0 saturated carbocycles. The van der Waals surface area contributed by atoms with Crippen molar-refractivity contribution in [3.63, 3.8) is 0 Å². The Labute approximate surface area is 190 Å². The molecule has 1 N–H and O–H groups in total. The van der Waals surface area contributed by atoms with Crippen LogP contribution in [0.1, 0.15) is 37.5 Å². The molecule has 0 aromatic heterocycles. The smallest absolute Gasteiger partial charge is 0.326 e. The van der Waals surface area contributed by atoms with Crippen molar-refractivity contribution in [1.29, 1.82) is 0 Å². The maximum Gasteiger partial charge on any atom is 0.416 e. The highest BCUT2D eigenvalue weighted by molar-refractivity contribution is 7.02. The maximum atomic E-state index is 13.6. The van der Waals surface area contributed by atoms with Crippen LogP contribution in [0.2, 0.25) is 5.04 Å². The Balaban J connectivity index is 2.28. The van der Waals surface area contributed by atoms with Gasteiger partial charge < -0.3 is 4.98 Å². The second-order valence-electron chi connectivity index (χ2n) is 9.00. The number of benzene rings is 3. The van der Waals surface area contributed by atoms with Gasteiger partial charge in [0.05, 0.1) is 11.1 Å². The van der Waals surface area contributed by atoms with Crippen LogP contribution in [0.4, 0.5) is 26.3 Å². The van der Waals surface area contributed by atoms with Crippen molar-refractivity contribution >= 4 is 18.6 Å². The van der Waals surface area contributed by atoms with Crippen molar-refractivity contribution in [3.05, 3.63) is 95.6 Å². The SMILES string of the molecule is CC(C)(C)[Si](NCc1ccccc1)(c1cccc(C(F)(F)F)c1)c1cccc(C(F)(F)F)c1. The summed E-state index contributed by atoms with van der Waals surface area (Å²) in [5.74, 6) is 0. The summed E-state index contributed by atoms with van der Waals surface area (Å²) in [6, 6.07) is 19.2. The summed E-state index contributed by atoms with van der Waals surface area (Å²) in [6.45, 7) is 5.88. The van der Waals surface area contributed by atoms with E-state index in [-0.39, 0.29) is 0 Å². The van der Waals surface area contributed by atoms with Crippen molar-refractivity contribution in [3.8, 4) is 0 Å². The topological polar surface area (TPSA) is 12.0 Å². The first-order chi connectivity index (χ1) is 15.2. The van der Waals surface area contributed by atoms with E-state index in [0.717, 1.165) is 29.8 Å². The van der Waals surface area contributed by atoms with Gasteiger partial charge in [-0.1, -0.05) is 87.5 Å². The lowest BCUT2D eigenvalue weighted by Gasteiger charge is -2.45. The van der Waals surface area contributed by atoms with E-state index in [1.165, 1.54) is 12.1 Å². The van der Waals surface area contributed by atoms with Crippen molar-refractivity contribution in [1.82, 2.24) is 4.98 Å². The van der Waals surface area contributed by atoms with Gasteiger partial charge in [0.25, 0.3) is 0 Å². The van der Waals surface area contributed by atoms with Crippen LogP contribution in [0.3, 0.4) is 0 Å². The molecule has 1 nitrogen and oxygen atoms in total. The molecule has 0 radical (unpaired) electrons. The Bertz CT molecular complexity index is 1030. The fraction of sp³-hybridized carbons (Fsp3) is 0.280. The summed E-state index contributed by atoms with van der Waals surface area (Å²) < 4.78 is 81.4. The standard InChI is InChI=1S/C25H25F6NSi/c1-23(2,3)33(32-17-18-9-5-4-6-10-18,21-13-7-11-19(15-21)24(26,27)28)22-14-8-12-20(16-22)25(29,30)31/h4-16,32H,17H2,1-3H3. The van der Waals surface area contributed by atoms with Crippen molar-refractivity contribution in [2.45, 2.75) is 44.7 Å². The molecule has 0 aliphatic rings. The van der Waals surface area contributed by atoms with Crippen molar-refractivity contribution in [2.75, 3.05) is 0 Å². The minimum Gasteiger partial charge on any atom is -0.326 e. The number of nitrogens with one attached hydrogen (secondary N) is 1. The summed E-state index contributed by atoms with van der Waals surface area (Å²) in [6.07, 6.45) is -9.14. The number of rotatable bonds is 5. The molecule has 0 heterocycles. The summed E-state index contributed by atoms with van der Waals surface area (Å²) in [5.41, 5.74) is -0.762. The molecule has 0 saturated heterocycles. The quantitative estimate of drug-likeness (QED) is 0.330. The molecule has 3 aromatic rings. The number of alkyl halides is 6. The van der Waals surface area contributed by atoms with E-state index in [2.05, 4.69) is 4.98 Å². The lowest BCUT2D eigenvalue weighted by atomic mass is 10.2. The van der Waals surface area contributed by atoms with Crippen LogP contribution in [0.15, 0.2) is 78.9 Å². The van der Waals surface area contributed by atoms with Gasteiger partial charge in [0.1, 0.15) is 0 Å². The first-order valence-corrected chi connectivity index (χ1v) is 12.4. The van der Waals surface area contributed by atoms with Crippen molar-refractivity contribution < 1.29 is 26.3 Å². The fourth-order valence-corrected chi connectivity index (χ4v) is 9.10. The molecule has 0 spiro atoms. The molecule has 0 bridgehead atoms. The summed E-state index contributed by atoms with van der Waals surface area (Å²) in [5, 5.41) is 0.0797. The van der Waals surface area contributed by atoms with Crippen LogP contribution in [0.5, 0.6) is 0 Å². The fourth-order valence-electron chi connectivity index (χ4n) is 4.19. The second kappa shape index (κ2) is 8.99. The second-order valence-corrected chi connectivity index (χ2v) is 13.5. The number of hydrogen-bond acceptors (Lipinski definition) is 1. The van der Waals surface area contributed by atoms with Crippen LogP contribution in [-0.4, -0.2) is 8.24 Å². The van der Waals surface area contributed by atoms with Crippen molar-refractivity contribution in [2.24, 2.45) is 0 Å². The predicted molar refractivity (Wildman–Crippen MR) is 121 cm³/mol. The van der Waals surface area contributed by atoms with Gasteiger partial charge in [0, 0.05) is 6.54 Å². The van der Waals surface area contributed by atoms with Crippen LogP contribution in [-0.2, 0) is 18.9 Å². The molecule has 0 aliphatic carbocycles. The summed E-state index contributed by atoms with van der Waals surface area (Å²) >= 11 is 0. The minimum absolute atomic E-state index is 0.302. The number of halogens is 6.